The molecule has 0 bridgehead atoms. The molecule has 1 atom stereocenters. The number of phenolic OH excluding ortho intramolecular Hbond substituents is 1. The van der Waals surface area contributed by atoms with Gasteiger partial charge in [0.15, 0.2) is 0 Å². The average Bonchev–Trinajstić information content (AvgIpc) is 2.96. The summed E-state index contributed by atoms with van der Waals surface area (Å²) >= 11 is 3.40. The summed E-state index contributed by atoms with van der Waals surface area (Å²) in [5, 5.41) is 16.0. The molecule has 0 aliphatic carbocycles. The lowest BCUT2D eigenvalue weighted by Gasteiger charge is -2.20. The van der Waals surface area contributed by atoms with Gasteiger partial charge in [0.25, 0.3) is 0 Å². The number of hydrazone groups is 1. The predicted molar refractivity (Wildman–Crippen MR) is 88.7 cm³/mol. The van der Waals surface area contributed by atoms with E-state index in [2.05, 4.69) is 21.0 Å². The largest absolute Gasteiger partial charge is 0.507 e. The molecule has 1 aliphatic heterocycles. The van der Waals surface area contributed by atoms with Crippen molar-refractivity contribution in [2.75, 3.05) is 0 Å². The first kappa shape index (κ1) is 14.8. The van der Waals surface area contributed by atoms with E-state index in [4.69, 9.17) is 0 Å². The van der Waals surface area contributed by atoms with Crippen LogP contribution in [0.3, 0.4) is 0 Å². The minimum Gasteiger partial charge on any atom is -0.507 e. The number of hydrogen-bond donors (Lipinski definition) is 1. The summed E-state index contributed by atoms with van der Waals surface area (Å²) in [4.78, 5) is 11.9. The second kappa shape index (κ2) is 5.93. The van der Waals surface area contributed by atoms with Gasteiger partial charge in [0.2, 0.25) is 5.91 Å². The Labute approximate surface area is 137 Å². The molecular formula is C17H15BrN2O2. The summed E-state index contributed by atoms with van der Waals surface area (Å²) in [6.45, 7) is 1.50. The van der Waals surface area contributed by atoms with Crippen LogP contribution < -0.4 is 0 Å². The van der Waals surface area contributed by atoms with E-state index in [1.54, 1.807) is 12.1 Å². The van der Waals surface area contributed by atoms with Crippen LogP contribution in [-0.4, -0.2) is 21.7 Å². The maximum Gasteiger partial charge on any atom is 0.240 e. The van der Waals surface area contributed by atoms with Gasteiger partial charge in [-0.1, -0.05) is 46.3 Å². The number of rotatable bonds is 2. The maximum absolute atomic E-state index is 11.9. The molecular weight excluding hydrogens is 344 g/mol. The van der Waals surface area contributed by atoms with E-state index in [9.17, 15) is 9.90 Å². The van der Waals surface area contributed by atoms with Crippen molar-refractivity contribution in [1.82, 2.24) is 5.01 Å². The highest BCUT2D eigenvalue weighted by atomic mass is 79.9. The van der Waals surface area contributed by atoms with Gasteiger partial charge >= 0.3 is 0 Å². The first-order valence-corrected chi connectivity index (χ1v) is 7.76. The predicted octanol–water partition coefficient (Wildman–Crippen LogP) is 3.85. The highest BCUT2D eigenvalue weighted by molar-refractivity contribution is 9.10. The minimum absolute atomic E-state index is 0.113. The Morgan fingerprint density at radius 3 is 2.68 bits per heavy atom. The van der Waals surface area contributed by atoms with Gasteiger partial charge in [0, 0.05) is 23.4 Å². The molecule has 3 rings (SSSR count). The summed E-state index contributed by atoms with van der Waals surface area (Å²) in [6.07, 6.45) is 0.577. The standard InChI is InChI=1S/C17H15BrN2O2/c1-11(21)20-16(12-5-3-2-4-6-12)10-15(19-20)14-9-13(18)7-8-17(14)22/h2-9,16,22H,10H2,1H3. The van der Waals surface area contributed by atoms with Gasteiger partial charge in [-0.2, -0.15) is 5.10 Å². The zero-order valence-electron chi connectivity index (χ0n) is 12.0. The molecule has 112 valence electrons. The van der Waals surface area contributed by atoms with Crippen molar-refractivity contribution in [3.63, 3.8) is 0 Å². The number of halogens is 1. The Hall–Kier alpha value is -2.14. The van der Waals surface area contributed by atoms with Crippen LogP contribution in [0.1, 0.15) is 30.5 Å². The average molecular weight is 359 g/mol. The fourth-order valence-corrected chi connectivity index (χ4v) is 3.00. The zero-order chi connectivity index (χ0) is 15.7. The number of nitrogens with zero attached hydrogens (tertiary/aromatic N) is 2. The van der Waals surface area contributed by atoms with Gasteiger partial charge in [-0.25, -0.2) is 5.01 Å². The molecule has 2 aromatic rings. The van der Waals surface area contributed by atoms with Gasteiger partial charge in [0.05, 0.1) is 11.8 Å². The second-order valence-electron chi connectivity index (χ2n) is 5.20. The van der Waals surface area contributed by atoms with Crippen molar-refractivity contribution in [1.29, 1.82) is 0 Å². The van der Waals surface area contributed by atoms with Crippen LogP contribution in [0.4, 0.5) is 0 Å². The Bertz CT molecular complexity index is 744. The third kappa shape index (κ3) is 2.76. The first-order chi connectivity index (χ1) is 10.6. The Balaban J connectivity index is 2.00. The van der Waals surface area contributed by atoms with E-state index < -0.39 is 0 Å². The third-order valence-corrected chi connectivity index (χ3v) is 4.18. The van der Waals surface area contributed by atoms with Gasteiger partial charge in [-0.05, 0) is 23.8 Å². The molecule has 0 fully saturated rings. The summed E-state index contributed by atoms with van der Waals surface area (Å²) in [6, 6.07) is 14.9. The topological polar surface area (TPSA) is 52.9 Å². The Morgan fingerprint density at radius 2 is 2.00 bits per heavy atom. The van der Waals surface area contributed by atoms with Crippen LogP contribution in [-0.2, 0) is 4.79 Å². The normalized spacial score (nSPS) is 17.5. The van der Waals surface area contributed by atoms with Crippen molar-refractivity contribution < 1.29 is 9.90 Å². The molecule has 22 heavy (non-hydrogen) atoms. The van der Waals surface area contributed by atoms with Crippen LogP contribution in [0.2, 0.25) is 0 Å². The summed E-state index contributed by atoms with van der Waals surface area (Å²) < 4.78 is 0.862. The number of phenols is 1. The SMILES string of the molecule is CC(=O)N1N=C(c2cc(Br)ccc2O)CC1c1ccccc1. The number of benzene rings is 2. The smallest absolute Gasteiger partial charge is 0.240 e. The second-order valence-corrected chi connectivity index (χ2v) is 6.12. The molecule has 1 N–H and O–H groups in total. The van der Waals surface area contributed by atoms with Crippen molar-refractivity contribution in [2.45, 2.75) is 19.4 Å². The van der Waals surface area contributed by atoms with E-state index in [0.717, 1.165) is 10.0 Å². The highest BCUT2D eigenvalue weighted by Crippen LogP contribution is 2.35. The van der Waals surface area contributed by atoms with Gasteiger partial charge in [-0.3, -0.25) is 4.79 Å². The zero-order valence-corrected chi connectivity index (χ0v) is 13.6. The Morgan fingerprint density at radius 1 is 1.27 bits per heavy atom. The van der Waals surface area contributed by atoms with Gasteiger partial charge in [-0.15, -0.1) is 0 Å². The molecule has 1 aliphatic rings. The maximum atomic E-state index is 11.9. The number of carbonyl (C=O) groups excluding carboxylic acids is 1. The van der Waals surface area contributed by atoms with Crippen molar-refractivity contribution >= 4 is 27.5 Å². The lowest BCUT2D eigenvalue weighted by molar-refractivity contribution is -0.130. The van der Waals surface area contributed by atoms with E-state index in [-0.39, 0.29) is 17.7 Å². The molecule has 1 amide bonds. The molecule has 0 spiro atoms. The number of carbonyl (C=O) groups is 1. The van der Waals surface area contributed by atoms with Gasteiger partial charge < -0.3 is 5.11 Å². The van der Waals surface area contributed by atoms with E-state index in [0.29, 0.717) is 17.7 Å². The fraction of sp³-hybridized carbons (Fsp3) is 0.176. The molecule has 0 saturated heterocycles. The highest BCUT2D eigenvalue weighted by Gasteiger charge is 2.32. The molecule has 2 aromatic carbocycles. The molecule has 0 saturated carbocycles. The lowest BCUT2D eigenvalue weighted by atomic mass is 9.98. The van der Waals surface area contributed by atoms with Crippen LogP contribution in [0.5, 0.6) is 5.75 Å². The molecule has 5 heteroatoms. The molecule has 1 unspecified atom stereocenters. The van der Waals surface area contributed by atoms with Crippen molar-refractivity contribution in [3.05, 3.63) is 64.1 Å². The molecule has 0 radical (unpaired) electrons. The van der Waals surface area contributed by atoms with E-state index >= 15 is 0 Å². The monoisotopic (exact) mass is 358 g/mol. The van der Waals surface area contributed by atoms with E-state index in [1.807, 2.05) is 36.4 Å². The quantitative estimate of drug-likeness (QED) is 0.886. The number of hydrogen-bond acceptors (Lipinski definition) is 3. The Kier molecular flexibility index (Phi) is 3.98. The van der Waals surface area contributed by atoms with Crippen LogP contribution in [0, 0.1) is 0 Å². The summed E-state index contributed by atoms with van der Waals surface area (Å²) in [5.41, 5.74) is 2.40. The number of aromatic hydroxyl groups is 1. The fourth-order valence-electron chi connectivity index (χ4n) is 2.64. The van der Waals surface area contributed by atoms with Crippen LogP contribution in [0.15, 0.2) is 58.1 Å². The van der Waals surface area contributed by atoms with Gasteiger partial charge in [0.1, 0.15) is 5.75 Å². The summed E-state index contributed by atoms with van der Waals surface area (Å²) in [5.74, 6) is 0.0532. The molecule has 0 aromatic heterocycles. The molecule has 4 nitrogen and oxygen atoms in total. The minimum atomic E-state index is -0.132. The van der Waals surface area contributed by atoms with Crippen molar-refractivity contribution in [2.24, 2.45) is 5.10 Å². The third-order valence-electron chi connectivity index (χ3n) is 3.69. The lowest BCUT2D eigenvalue weighted by Crippen LogP contribution is -2.24. The summed E-state index contributed by atoms with van der Waals surface area (Å²) in [7, 11) is 0. The van der Waals surface area contributed by atoms with Crippen LogP contribution >= 0.6 is 15.9 Å². The van der Waals surface area contributed by atoms with E-state index in [1.165, 1.54) is 11.9 Å². The van der Waals surface area contributed by atoms with Crippen LogP contribution in [0.25, 0.3) is 0 Å². The number of amides is 1. The van der Waals surface area contributed by atoms with Crippen molar-refractivity contribution in [3.8, 4) is 5.75 Å². The molecule has 1 heterocycles. The first-order valence-electron chi connectivity index (χ1n) is 6.97.